The molecule has 2 aliphatic rings. The largest absolute Gasteiger partial charge is 0.456 e. The highest BCUT2D eigenvalue weighted by molar-refractivity contribution is 14.1. The van der Waals surface area contributed by atoms with Crippen molar-refractivity contribution in [3.8, 4) is 11.8 Å². The number of carbonyl (C=O) groups excluding carboxylic acids is 4. The van der Waals surface area contributed by atoms with Crippen molar-refractivity contribution in [3.63, 3.8) is 0 Å². The Bertz CT molecular complexity index is 2690. The van der Waals surface area contributed by atoms with Crippen molar-refractivity contribution in [1.82, 2.24) is 8.61 Å². The molecule has 5 aromatic carbocycles. The molecule has 64 heavy (non-hydrogen) atoms. The molecule has 2 heterocycles. The molecule has 0 aromatic heterocycles. The summed E-state index contributed by atoms with van der Waals surface area (Å²) in [4.78, 5) is 50.6. The summed E-state index contributed by atoms with van der Waals surface area (Å²) in [7, 11) is 3.40. The lowest BCUT2D eigenvalue weighted by Gasteiger charge is -2.33. The molecule has 7 rings (SSSR count). The summed E-state index contributed by atoms with van der Waals surface area (Å²) in [5.74, 6) is 4.86. The zero-order valence-corrected chi connectivity index (χ0v) is 40.6. The number of hydrogen-bond acceptors (Lipinski definition) is 8. The number of halogens is 1. The summed E-state index contributed by atoms with van der Waals surface area (Å²) >= 11 is -1.17. The Morgan fingerprint density at radius 3 is 1.48 bits per heavy atom. The summed E-state index contributed by atoms with van der Waals surface area (Å²) in [6.07, 6.45) is 0.612. The van der Waals surface area contributed by atoms with Gasteiger partial charge in [0.1, 0.15) is 11.2 Å². The molecule has 0 fully saturated rings. The van der Waals surface area contributed by atoms with E-state index >= 15 is 0 Å². The predicted molar refractivity (Wildman–Crippen MR) is 259 cm³/mol. The van der Waals surface area contributed by atoms with Crippen LogP contribution in [-0.2, 0) is 51.3 Å². The van der Waals surface area contributed by atoms with Crippen LogP contribution < -0.4 is 8.61 Å². The Labute approximate surface area is 393 Å². The maximum absolute atomic E-state index is 13.3. The van der Waals surface area contributed by atoms with E-state index in [1.54, 1.807) is 95.5 Å². The van der Waals surface area contributed by atoms with Gasteiger partial charge < -0.3 is 9.47 Å². The molecule has 5 aromatic rings. The Kier molecular flexibility index (Phi) is 14.8. The lowest BCUT2D eigenvalue weighted by atomic mass is 10.1. The second-order valence-corrected chi connectivity index (χ2v) is 21.0. The SMILES string of the molecule is CN1c2ccc(C#CCc3ccccc3)cc2C(=O)N(Cc2ccc(C(=O)OC(C)(C)C)cc2)S1=O.CN1c2ccc(I)cc2C(=O)N(Cc2ccc(C(=O)OC(C)(C)C)cc2)S1=O. The molecule has 2 aliphatic heterocycles. The molecule has 0 N–H and O–H groups in total. The Morgan fingerprint density at radius 1 is 0.594 bits per heavy atom. The summed E-state index contributed by atoms with van der Waals surface area (Å²) in [5.41, 5.74) is 5.30. The minimum atomic E-state index is -1.69. The standard InChI is InChI=1S/C29H28N2O4S.C20H21IN2O4S/c1-29(2,3)35-28(33)24-16-13-23(14-17-24)20-31-27(32)25-19-22(15-18-26(25)30(4)36(31)34)12-8-11-21-9-6-5-7-10-21;1-20(2,3)27-19(25)14-7-5-13(6-8-14)12-23-18(24)16-11-15(21)9-10-17(16)22(4)28(23)26/h5-7,9-10,13-19H,11,20H2,1-4H3;5-11H,12H2,1-4H3. The van der Waals surface area contributed by atoms with Gasteiger partial charge in [-0.2, -0.15) is 0 Å². The molecule has 332 valence electrons. The van der Waals surface area contributed by atoms with Gasteiger partial charge in [0.25, 0.3) is 11.8 Å². The number of benzene rings is 5. The van der Waals surface area contributed by atoms with Crippen LogP contribution >= 0.6 is 22.6 Å². The molecule has 2 amide bonds. The van der Waals surface area contributed by atoms with Gasteiger partial charge in [0.15, 0.2) is 0 Å². The van der Waals surface area contributed by atoms with Gasteiger partial charge in [0, 0.05) is 29.6 Å². The first-order chi connectivity index (χ1) is 30.2. The fraction of sp³-hybridized carbons (Fsp3) is 0.265. The van der Waals surface area contributed by atoms with E-state index in [-0.39, 0.29) is 24.9 Å². The van der Waals surface area contributed by atoms with E-state index in [1.807, 2.05) is 84.0 Å². The van der Waals surface area contributed by atoms with Crippen LogP contribution in [0.4, 0.5) is 11.4 Å². The van der Waals surface area contributed by atoms with E-state index in [2.05, 4.69) is 34.4 Å². The maximum atomic E-state index is 13.3. The van der Waals surface area contributed by atoms with E-state index in [9.17, 15) is 27.6 Å². The van der Waals surface area contributed by atoms with Crippen molar-refractivity contribution in [2.75, 3.05) is 22.7 Å². The molecular weight excluding hydrogens is 964 g/mol. The first kappa shape index (κ1) is 47.6. The van der Waals surface area contributed by atoms with E-state index in [0.717, 1.165) is 25.8 Å². The first-order valence-electron chi connectivity index (χ1n) is 20.3. The molecule has 15 heteroatoms. The Balaban J connectivity index is 0.000000219. The number of carbonyl (C=O) groups is 4. The van der Waals surface area contributed by atoms with Gasteiger partial charge in [-0.05, 0) is 141 Å². The quantitative estimate of drug-likeness (QED) is 0.0898. The van der Waals surface area contributed by atoms with Gasteiger partial charge in [-0.25, -0.2) is 26.6 Å². The predicted octanol–water partition coefficient (Wildman–Crippen LogP) is 8.82. The lowest BCUT2D eigenvalue weighted by molar-refractivity contribution is 0.00570. The van der Waals surface area contributed by atoms with Crippen molar-refractivity contribution in [3.05, 3.63) is 163 Å². The highest BCUT2D eigenvalue weighted by Crippen LogP contribution is 2.33. The number of fused-ring (bicyclic) bond motifs is 2. The van der Waals surface area contributed by atoms with Crippen molar-refractivity contribution in [2.24, 2.45) is 0 Å². The fourth-order valence-electron chi connectivity index (χ4n) is 6.48. The summed E-state index contributed by atoms with van der Waals surface area (Å²) in [6.45, 7) is 11.2. The Hall–Kier alpha value is -5.83. The van der Waals surface area contributed by atoms with Gasteiger partial charge in [-0.3, -0.25) is 18.2 Å². The van der Waals surface area contributed by atoms with Gasteiger partial charge in [0.2, 0.25) is 22.3 Å². The number of ether oxygens (including phenoxy) is 2. The van der Waals surface area contributed by atoms with Crippen LogP contribution in [0.1, 0.15) is 105 Å². The van der Waals surface area contributed by atoms with Crippen molar-refractivity contribution in [1.29, 1.82) is 0 Å². The van der Waals surface area contributed by atoms with Crippen LogP contribution in [0.3, 0.4) is 0 Å². The molecular formula is C49H49IN4O8S2. The summed E-state index contributed by atoms with van der Waals surface area (Å²) in [5, 5.41) is 0. The van der Waals surface area contributed by atoms with Crippen LogP contribution in [0.15, 0.2) is 115 Å². The van der Waals surface area contributed by atoms with E-state index < -0.39 is 45.5 Å². The number of rotatable bonds is 7. The third-order valence-electron chi connectivity index (χ3n) is 9.59. The van der Waals surface area contributed by atoms with E-state index in [0.29, 0.717) is 40.0 Å². The number of esters is 2. The number of nitrogens with zero attached hydrogens (tertiary/aromatic N) is 4. The van der Waals surface area contributed by atoms with E-state index in [4.69, 9.17) is 9.47 Å². The zero-order valence-electron chi connectivity index (χ0n) is 36.8. The zero-order chi connectivity index (χ0) is 46.5. The molecule has 2 unspecified atom stereocenters. The third kappa shape index (κ3) is 11.8. The van der Waals surface area contributed by atoms with Crippen LogP contribution in [0.25, 0.3) is 0 Å². The van der Waals surface area contributed by atoms with Crippen LogP contribution in [0, 0.1) is 15.4 Å². The van der Waals surface area contributed by atoms with Gasteiger partial charge >= 0.3 is 11.9 Å². The van der Waals surface area contributed by atoms with Gasteiger partial charge in [-0.15, -0.1) is 0 Å². The summed E-state index contributed by atoms with van der Waals surface area (Å²) < 4.78 is 43.4. The second-order valence-electron chi connectivity index (χ2n) is 16.9. The lowest BCUT2D eigenvalue weighted by Crippen LogP contribution is -2.45. The van der Waals surface area contributed by atoms with Gasteiger partial charge in [-0.1, -0.05) is 66.4 Å². The number of anilines is 2. The smallest absolute Gasteiger partial charge is 0.338 e. The molecule has 0 saturated carbocycles. The van der Waals surface area contributed by atoms with Crippen LogP contribution in [-0.4, -0.2) is 66.1 Å². The van der Waals surface area contributed by atoms with Crippen molar-refractivity contribution >= 4 is 80.1 Å². The molecule has 12 nitrogen and oxygen atoms in total. The normalized spacial score (nSPS) is 15.8. The average molecular weight is 1010 g/mol. The molecule has 2 atom stereocenters. The monoisotopic (exact) mass is 1010 g/mol. The average Bonchev–Trinajstić information content (AvgIpc) is 3.25. The van der Waals surface area contributed by atoms with Crippen LogP contribution in [0.5, 0.6) is 0 Å². The molecule has 0 radical (unpaired) electrons. The Morgan fingerprint density at radius 2 is 1.03 bits per heavy atom. The summed E-state index contributed by atoms with van der Waals surface area (Å²) in [6, 6.07) is 34.4. The van der Waals surface area contributed by atoms with Crippen molar-refractivity contribution < 1.29 is 37.1 Å². The van der Waals surface area contributed by atoms with Crippen molar-refractivity contribution in [2.45, 2.75) is 72.3 Å². The minimum absolute atomic E-state index is 0.133. The van der Waals surface area contributed by atoms with E-state index in [1.165, 1.54) is 8.61 Å². The molecule has 0 saturated heterocycles. The van der Waals surface area contributed by atoms with Crippen LogP contribution in [0.2, 0.25) is 0 Å². The second kappa shape index (κ2) is 19.9. The highest BCUT2D eigenvalue weighted by Gasteiger charge is 2.35. The molecule has 0 bridgehead atoms. The highest BCUT2D eigenvalue weighted by atomic mass is 127. The first-order valence-corrected chi connectivity index (χ1v) is 23.5. The minimum Gasteiger partial charge on any atom is -0.456 e. The maximum Gasteiger partial charge on any atom is 0.338 e. The molecule has 0 aliphatic carbocycles. The fourth-order valence-corrected chi connectivity index (χ4v) is 9.22. The number of hydrogen-bond donors (Lipinski definition) is 0. The number of amides is 2. The topological polar surface area (TPSA) is 134 Å². The third-order valence-corrected chi connectivity index (χ3v) is 12.9. The van der Waals surface area contributed by atoms with Gasteiger partial charge in [0.05, 0.1) is 46.7 Å². The molecule has 0 spiro atoms.